The third kappa shape index (κ3) is 15.2. The fraction of sp³-hybridized carbons (Fsp3) is 0.861. The van der Waals surface area contributed by atoms with Crippen molar-refractivity contribution in [3.05, 3.63) is 24.3 Å². The van der Waals surface area contributed by atoms with Gasteiger partial charge in [-0.3, -0.25) is 4.79 Å². The number of carbonyl (C=O) groups excluding carboxylic acids is 1. The number of allylic oxidation sites excluding steroid dienone is 3. The summed E-state index contributed by atoms with van der Waals surface area (Å²) in [7, 11) is 0. The lowest BCUT2D eigenvalue weighted by Gasteiger charge is -2.46. The van der Waals surface area contributed by atoms with Crippen molar-refractivity contribution in [3.8, 4) is 0 Å². The number of carbonyl (C=O) groups is 1. The predicted molar refractivity (Wildman–Crippen MR) is 185 cm³/mol. The van der Waals surface area contributed by atoms with Gasteiger partial charge in [0.15, 0.2) is 12.6 Å². The maximum Gasteiger partial charge on any atom is 0.220 e. The summed E-state index contributed by atoms with van der Waals surface area (Å²) in [6, 6.07) is -0.920. The molecule has 0 aromatic carbocycles. The number of unbranched alkanes of at least 4 members (excludes halogenated alkanes) is 10. The summed E-state index contributed by atoms with van der Waals surface area (Å²) in [5, 5.41) is 85.7. The molecule has 0 radical (unpaired) electrons. The largest absolute Gasteiger partial charge is 0.394 e. The van der Waals surface area contributed by atoms with E-state index >= 15 is 0 Å². The van der Waals surface area contributed by atoms with Crippen LogP contribution in [0, 0.1) is 0 Å². The molecule has 0 aromatic heterocycles. The highest BCUT2D eigenvalue weighted by molar-refractivity contribution is 5.76. The van der Waals surface area contributed by atoms with E-state index in [2.05, 4.69) is 31.3 Å². The average Bonchev–Trinajstić information content (AvgIpc) is 3.11. The normalized spacial score (nSPS) is 31.7. The molecule has 2 saturated heterocycles. The molecule has 2 aliphatic heterocycles. The van der Waals surface area contributed by atoms with Crippen LogP contribution in [0.15, 0.2) is 24.3 Å². The Hall–Kier alpha value is -1.53. The summed E-state index contributed by atoms with van der Waals surface area (Å²) < 4.78 is 22.4. The minimum atomic E-state index is -1.78. The number of rotatable bonds is 25. The number of aliphatic hydroxyl groups excluding tert-OH is 8. The Morgan fingerprint density at radius 2 is 1.28 bits per heavy atom. The van der Waals surface area contributed by atoms with E-state index in [0.717, 1.165) is 44.9 Å². The molecular formula is C36H65NO13. The van der Waals surface area contributed by atoms with E-state index in [1.54, 1.807) is 6.08 Å². The molecular weight excluding hydrogens is 654 g/mol. The van der Waals surface area contributed by atoms with Gasteiger partial charge in [-0.25, -0.2) is 0 Å². The van der Waals surface area contributed by atoms with Crippen molar-refractivity contribution in [2.24, 2.45) is 0 Å². The fourth-order valence-corrected chi connectivity index (χ4v) is 5.94. The van der Waals surface area contributed by atoms with E-state index < -0.39 is 86.8 Å². The zero-order valence-corrected chi connectivity index (χ0v) is 29.9. The molecule has 2 aliphatic rings. The Labute approximate surface area is 297 Å². The third-order valence-electron chi connectivity index (χ3n) is 9.14. The lowest BCUT2D eigenvalue weighted by molar-refractivity contribution is -0.359. The van der Waals surface area contributed by atoms with Crippen molar-refractivity contribution in [3.63, 3.8) is 0 Å². The smallest absolute Gasteiger partial charge is 0.220 e. The molecule has 2 heterocycles. The maximum absolute atomic E-state index is 12.9. The van der Waals surface area contributed by atoms with Crippen LogP contribution in [0.3, 0.4) is 0 Å². The van der Waals surface area contributed by atoms with E-state index in [9.17, 15) is 45.6 Å². The summed E-state index contributed by atoms with van der Waals surface area (Å²) in [5.74, 6) is -0.262. The van der Waals surface area contributed by atoms with E-state index in [1.807, 2.05) is 6.08 Å². The summed E-state index contributed by atoms with van der Waals surface area (Å²) in [6.45, 7) is 2.58. The third-order valence-corrected chi connectivity index (χ3v) is 9.14. The van der Waals surface area contributed by atoms with E-state index in [1.165, 1.54) is 25.7 Å². The molecule has 1 amide bonds. The van der Waals surface area contributed by atoms with Gasteiger partial charge in [-0.05, 0) is 25.7 Å². The van der Waals surface area contributed by atoms with Gasteiger partial charge in [0.25, 0.3) is 0 Å². The van der Waals surface area contributed by atoms with Gasteiger partial charge in [0.05, 0.1) is 32.0 Å². The van der Waals surface area contributed by atoms with E-state index in [-0.39, 0.29) is 18.9 Å². The second kappa shape index (κ2) is 25.4. The zero-order valence-electron chi connectivity index (χ0n) is 29.9. The van der Waals surface area contributed by atoms with Gasteiger partial charge in [0.2, 0.25) is 5.91 Å². The van der Waals surface area contributed by atoms with Crippen molar-refractivity contribution in [1.82, 2.24) is 5.32 Å². The highest BCUT2D eigenvalue weighted by atomic mass is 16.7. The first-order valence-corrected chi connectivity index (χ1v) is 18.6. The fourth-order valence-electron chi connectivity index (χ4n) is 5.94. The van der Waals surface area contributed by atoms with Crippen molar-refractivity contribution >= 4 is 5.91 Å². The van der Waals surface area contributed by atoms with Crippen LogP contribution >= 0.6 is 0 Å². The first-order valence-electron chi connectivity index (χ1n) is 18.6. The molecule has 50 heavy (non-hydrogen) atoms. The Bertz CT molecular complexity index is 951. The lowest BCUT2D eigenvalue weighted by Crippen LogP contribution is -2.65. The zero-order chi connectivity index (χ0) is 36.9. The van der Waals surface area contributed by atoms with Crippen molar-refractivity contribution in [2.45, 2.75) is 177 Å². The van der Waals surface area contributed by atoms with Crippen molar-refractivity contribution in [1.29, 1.82) is 0 Å². The van der Waals surface area contributed by atoms with E-state index in [4.69, 9.17) is 18.9 Å². The Morgan fingerprint density at radius 3 is 1.94 bits per heavy atom. The van der Waals surface area contributed by atoms with Gasteiger partial charge >= 0.3 is 0 Å². The number of nitrogens with one attached hydrogen (secondary N) is 1. The maximum atomic E-state index is 12.9. The summed E-state index contributed by atoms with van der Waals surface area (Å²) in [6.07, 6.45) is 4.31. The lowest BCUT2D eigenvalue weighted by atomic mass is 9.97. The predicted octanol–water partition coefficient (Wildman–Crippen LogP) is 1.09. The monoisotopic (exact) mass is 719 g/mol. The second-order valence-electron chi connectivity index (χ2n) is 13.3. The molecule has 12 atom stereocenters. The van der Waals surface area contributed by atoms with Gasteiger partial charge in [-0.15, -0.1) is 0 Å². The molecule has 0 saturated carbocycles. The van der Waals surface area contributed by atoms with Crippen LogP contribution in [-0.2, 0) is 23.7 Å². The van der Waals surface area contributed by atoms with Crippen molar-refractivity contribution in [2.75, 3.05) is 19.8 Å². The van der Waals surface area contributed by atoms with Gasteiger partial charge in [-0.2, -0.15) is 0 Å². The Morgan fingerprint density at radius 1 is 0.700 bits per heavy atom. The number of aliphatic hydroxyl groups is 8. The first kappa shape index (κ1) is 44.6. The highest BCUT2D eigenvalue weighted by Gasteiger charge is 2.50. The number of hydrogen-bond acceptors (Lipinski definition) is 13. The molecule has 12 unspecified atom stereocenters. The topological polar surface area (TPSA) is 228 Å². The molecule has 0 spiro atoms. The number of amides is 1. The molecule has 0 aromatic rings. The molecule has 14 heteroatoms. The van der Waals surface area contributed by atoms with Gasteiger partial charge in [0, 0.05) is 6.42 Å². The average molecular weight is 720 g/mol. The van der Waals surface area contributed by atoms with Crippen molar-refractivity contribution < 1.29 is 64.6 Å². The standard InChI is InChI=1S/C36H65NO13/c1-3-5-7-9-11-13-15-17-19-25(40)24(37-28(41)20-18-16-14-12-10-8-6-4-2)23-47-35-33(46)31(44)34(27(22-39)49-35)50-36-32(45)30(43)29(42)26(21-38)48-36/h9,11,17,19,24-27,29-36,38-40,42-46H,3-8,10,12-16,18,20-23H2,1-2H3,(H,37,41)/b11-9+,19-17+. The molecule has 0 bridgehead atoms. The van der Waals surface area contributed by atoms with Crippen LogP contribution in [0.4, 0.5) is 0 Å². The van der Waals surface area contributed by atoms with Crippen LogP contribution in [0.2, 0.25) is 0 Å². The molecule has 292 valence electrons. The Balaban J connectivity index is 2.01. The minimum Gasteiger partial charge on any atom is -0.394 e. The van der Waals surface area contributed by atoms with Crippen LogP contribution in [0.5, 0.6) is 0 Å². The van der Waals surface area contributed by atoms with Crippen LogP contribution < -0.4 is 5.32 Å². The molecule has 2 rings (SSSR count). The summed E-state index contributed by atoms with van der Waals surface area (Å²) in [5.41, 5.74) is 0. The molecule has 14 nitrogen and oxygen atoms in total. The summed E-state index contributed by atoms with van der Waals surface area (Å²) >= 11 is 0. The second-order valence-corrected chi connectivity index (χ2v) is 13.3. The van der Waals surface area contributed by atoms with E-state index in [0.29, 0.717) is 12.8 Å². The summed E-state index contributed by atoms with van der Waals surface area (Å²) in [4.78, 5) is 12.9. The Kier molecular flexibility index (Phi) is 22.7. The quantitative estimate of drug-likeness (QED) is 0.0476. The number of ether oxygens (including phenoxy) is 4. The molecule has 9 N–H and O–H groups in total. The SMILES string of the molecule is CCCC/C=C/CC/C=C/C(O)C(COC1OC(CO)C(OC2OC(CO)C(O)C(O)C2O)C(O)C1O)NC(=O)CCCCCCCCCC. The highest BCUT2D eigenvalue weighted by Crippen LogP contribution is 2.29. The van der Waals surface area contributed by atoms with Crippen LogP contribution in [0.25, 0.3) is 0 Å². The van der Waals surface area contributed by atoms with Crippen LogP contribution in [0.1, 0.15) is 104 Å². The van der Waals surface area contributed by atoms with Gasteiger partial charge < -0.3 is 65.1 Å². The van der Waals surface area contributed by atoms with Gasteiger partial charge in [-0.1, -0.05) is 95.9 Å². The minimum absolute atomic E-state index is 0.262. The molecule has 2 fully saturated rings. The number of hydrogen-bond donors (Lipinski definition) is 9. The van der Waals surface area contributed by atoms with Crippen LogP contribution in [-0.4, -0.2) is 140 Å². The molecule has 0 aliphatic carbocycles. The van der Waals surface area contributed by atoms with Gasteiger partial charge in [0.1, 0.15) is 48.8 Å². The first-order chi connectivity index (χ1) is 24.1.